The molecule has 8 heteroatoms. The molecular weight excluding hydrogens is 318 g/mol. The van der Waals surface area contributed by atoms with Crippen LogP contribution in [0.1, 0.15) is 24.0 Å². The number of benzene rings is 1. The minimum atomic E-state index is 0.474. The molecule has 0 aliphatic carbocycles. The average molecular weight is 341 g/mol. The van der Waals surface area contributed by atoms with Gasteiger partial charge in [0.25, 0.3) is 0 Å². The van der Waals surface area contributed by atoms with Gasteiger partial charge in [-0.2, -0.15) is 4.98 Å². The molecule has 0 saturated heterocycles. The Morgan fingerprint density at radius 2 is 2.04 bits per heavy atom. The van der Waals surface area contributed by atoms with Crippen LogP contribution >= 0.6 is 0 Å². The topological polar surface area (TPSA) is 93.2 Å². The van der Waals surface area contributed by atoms with Gasteiger partial charge in [-0.1, -0.05) is 17.3 Å². The summed E-state index contributed by atoms with van der Waals surface area (Å²) in [6, 6.07) is 8.21. The van der Waals surface area contributed by atoms with E-state index in [0.717, 1.165) is 36.8 Å². The van der Waals surface area contributed by atoms with Crippen molar-refractivity contribution < 1.29 is 4.52 Å². The van der Waals surface area contributed by atoms with E-state index in [1.807, 2.05) is 25.1 Å². The van der Waals surface area contributed by atoms with Gasteiger partial charge in [0.1, 0.15) is 5.82 Å². The zero-order chi connectivity index (χ0) is 17.6. The Morgan fingerprint density at radius 3 is 2.80 bits per heavy atom. The van der Waals surface area contributed by atoms with Crippen molar-refractivity contribution in [2.45, 2.75) is 33.4 Å². The lowest BCUT2D eigenvalue weighted by Crippen LogP contribution is -2.37. The summed E-state index contributed by atoms with van der Waals surface area (Å²) in [7, 11) is 1.74. The first-order chi connectivity index (χ1) is 12.2. The molecule has 8 nitrogen and oxygen atoms in total. The predicted octanol–water partition coefficient (Wildman–Crippen LogP) is 1.79. The van der Waals surface area contributed by atoms with Crippen molar-refractivity contribution in [3.63, 3.8) is 0 Å². The number of aryl methyl sites for hydroxylation is 3. The fourth-order valence-corrected chi connectivity index (χ4v) is 2.72. The summed E-state index contributed by atoms with van der Waals surface area (Å²) in [5, 5.41) is 10.3. The molecule has 0 aliphatic rings. The van der Waals surface area contributed by atoms with E-state index in [2.05, 4.69) is 41.4 Å². The number of nitrogens with one attached hydrogen (secondary N) is 2. The van der Waals surface area contributed by atoms with Crippen molar-refractivity contribution in [1.29, 1.82) is 0 Å². The van der Waals surface area contributed by atoms with Crippen molar-refractivity contribution in [2.75, 3.05) is 13.6 Å². The second-order valence-corrected chi connectivity index (χ2v) is 5.74. The van der Waals surface area contributed by atoms with Crippen molar-refractivity contribution >= 4 is 17.0 Å². The number of rotatable bonds is 6. The second kappa shape index (κ2) is 7.78. The van der Waals surface area contributed by atoms with Crippen molar-refractivity contribution in [3.05, 3.63) is 41.8 Å². The van der Waals surface area contributed by atoms with Gasteiger partial charge in [-0.05, 0) is 25.5 Å². The zero-order valence-corrected chi connectivity index (χ0v) is 14.8. The molecule has 0 atom stereocenters. The molecule has 3 aromatic rings. The number of para-hydroxylation sites is 2. The first-order valence-electron chi connectivity index (χ1n) is 8.33. The fraction of sp³-hybridized carbons (Fsp3) is 0.412. The summed E-state index contributed by atoms with van der Waals surface area (Å²) in [6.45, 7) is 5.99. The second-order valence-electron chi connectivity index (χ2n) is 5.74. The molecule has 0 radical (unpaired) electrons. The van der Waals surface area contributed by atoms with Gasteiger partial charge in [-0.3, -0.25) is 4.99 Å². The number of imidazole rings is 1. The van der Waals surface area contributed by atoms with Crippen LogP contribution in [0.4, 0.5) is 0 Å². The highest BCUT2D eigenvalue weighted by atomic mass is 16.5. The first kappa shape index (κ1) is 16.9. The molecule has 0 aliphatic heterocycles. The van der Waals surface area contributed by atoms with Gasteiger partial charge < -0.3 is 19.7 Å². The SMILES string of the molecule is CN=C(NCCCn1c(C)nc2ccccc21)NCc1noc(C)n1. The molecule has 0 unspecified atom stereocenters. The summed E-state index contributed by atoms with van der Waals surface area (Å²) < 4.78 is 7.19. The van der Waals surface area contributed by atoms with Crippen LogP contribution in [0.5, 0.6) is 0 Å². The van der Waals surface area contributed by atoms with Gasteiger partial charge >= 0.3 is 0 Å². The van der Waals surface area contributed by atoms with E-state index in [1.54, 1.807) is 14.0 Å². The Balaban J connectivity index is 1.47. The predicted molar refractivity (Wildman–Crippen MR) is 96.3 cm³/mol. The summed E-state index contributed by atoms with van der Waals surface area (Å²) in [5.41, 5.74) is 2.22. The van der Waals surface area contributed by atoms with E-state index < -0.39 is 0 Å². The molecule has 0 fully saturated rings. The minimum absolute atomic E-state index is 0.474. The third-order valence-corrected chi connectivity index (χ3v) is 3.90. The maximum absolute atomic E-state index is 4.95. The lowest BCUT2D eigenvalue weighted by atomic mass is 10.3. The van der Waals surface area contributed by atoms with Crippen LogP contribution in [0.25, 0.3) is 11.0 Å². The van der Waals surface area contributed by atoms with E-state index in [4.69, 9.17) is 4.52 Å². The van der Waals surface area contributed by atoms with Gasteiger partial charge in [0.05, 0.1) is 17.6 Å². The average Bonchev–Trinajstić information content (AvgIpc) is 3.17. The lowest BCUT2D eigenvalue weighted by Gasteiger charge is -2.11. The van der Waals surface area contributed by atoms with Gasteiger partial charge in [0.15, 0.2) is 11.8 Å². The first-order valence-corrected chi connectivity index (χ1v) is 8.33. The summed E-state index contributed by atoms with van der Waals surface area (Å²) in [5.74, 6) is 2.93. The quantitative estimate of drug-likeness (QED) is 0.403. The van der Waals surface area contributed by atoms with E-state index in [0.29, 0.717) is 18.3 Å². The third-order valence-electron chi connectivity index (χ3n) is 3.90. The number of aliphatic imine (C=N–C) groups is 1. The number of hydrogen-bond acceptors (Lipinski definition) is 5. The van der Waals surface area contributed by atoms with E-state index in [-0.39, 0.29) is 0 Å². The number of fused-ring (bicyclic) bond motifs is 1. The maximum Gasteiger partial charge on any atom is 0.223 e. The summed E-state index contributed by atoms with van der Waals surface area (Å²) in [4.78, 5) is 12.9. The Bertz CT molecular complexity index is 865. The normalized spacial score (nSPS) is 11.9. The molecule has 25 heavy (non-hydrogen) atoms. The van der Waals surface area contributed by atoms with Gasteiger partial charge in [-0.15, -0.1) is 0 Å². The summed E-state index contributed by atoms with van der Waals surface area (Å²) >= 11 is 0. The number of aromatic nitrogens is 4. The Hall–Kier alpha value is -2.90. The van der Waals surface area contributed by atoms with Crippen LogP contribution in [0.15, 0.2) is 33.8 Å². The molecule has 0 saturated carbocycles. The third kappa shape index (κ3) is 4.14. The van der Waals surface area contributed by atoms with Crippen LogP contribution in [-0.2, 0) is 13.1 Å². The maximum atomic E-state index is 4.95. The van der Waals surface area contributed by atoms with Crippen LogP contribution in [-0.4, -0.2) is 39.2 Å². The fourth-order valence-electron chi connectivity index (χ4n) is 2.72. The Labute approximate surface area is 146 Å². The monoisotopic (exact) mass is 341 g/mol. The highest BCUT2D eigenvalue weighted by Crippen LogP contribution is 2.15. The van der Waals surface area contributed by atoms with Gasteiger partial charge in [0.2, 0.25) is 5.89 Å². The minimum Gasteiger partial charge on any atom is -0.356 e. The Kier molecular flexibility index (Phi) is 5.27. The number of hydrogen-bond donors (Lipinski definition) is 2. The molecule has 0 spiro atoms. The smallest absolute Gasteiger partial charge is 0.223 e. The number of nitrogens with zero attached hydrogens (tertiary/aromatic N) is 5. The van der Waals surface area contributed by atoms with Crippen molar-refractivity contribution in [2.24, 2.45) is 4.99 Å². The molecular formula is C17H23N7O. The molecule has 1 aromatic carbocycles. The van der Waals surface area contributed by atoms with E-state index >= 15 is 0 Å². The van der Waals surface area contributed by atoms with Crippen molar-refractivity contribution in [3.8, 4) is 0 Å². The molecule has 0 bridgehead atoms. The van der Waals surface area contributed by atoms with E-state index in [9.17, 15) is 0 Å². The van der Waals surface area contributed by atoms with Crippen LogP contribution in [0.3, 0.4) is 0 Å². The standard InChI is InChI=1S/C17H23N7O/c1-12-21-14-7-4-5-8-15(14)24(12)10-6-9-19-17(18-3)20-11-16-22-13(2)25-23-16/h4-5,7-8H,6,9-11H2,1-3H3,(H2,18,19,20). The molecule has 0 amide bonds. The van der Waals surface area contributed by atoms with E-state index in [1.165, 1.54) is 5.52 Å². The highest BCUT2D eigenvalue weighted by molar-refractivity contribution is 5.79. The van der Waals surface area contributed by atoms with Crippen molar-refractivity contribution in [1.82, 2.24) is 30.3 Å². The number of guanidine groups is 1. The molecule has 132 valence electrons. The lowest BCUT2D eigenvalue weighted by molar-refractivity contribution is 0.387. The molecule has 2 heterocycles. The van der Waals surface area contributed by atoms with Gasteiger partial charge in [0, 0.05) is 27.1 Å². The highest BCUT2D eigenvalue weighted by Gasteiger charge is 2.07. The zero-order valence-electron chi connectivity index (χ0n) is 14.8. The molecule has 2 N–H and O–H groups in total. The van der Waals surface area contributed by atoms with Crippen LogP contribution in [0.2, 0.25) is 0 Å². The molecule has 3 rings (SSSR count). The largest absolute Gasteiger partial charge is 0.356 e. The summed E-state index contributed by atoms with van der Waals surface area (Å²) in [6.07, 6.45) is 0.962. The van der Waals surface area contributed by atoms with Gasteiger partial charge in [-0.25, -0.2) is 4.98 Å². The Morgan fingerprint density at radius 1 is 1.20 bits per heavy atom. The molecule has 2 aromatic heterocycles. The van der Waals surface area contributed by atoms with Crippen LogP contribution < -0.4 is 10.6 Å². The van der Waals surface area contributed by atoms with Crippen LogP contribution in [0, 0.1) is 13.8 Å².